The van der Waals surface area contributed by atoms with Gasteiger partial charge in [0.05, 0.1) is 29.2 Å². The molecule has 0 radical (unpaired) electrons. The summed E-state index contributed by atoms with van der Waals surface area (Å²) in [6.45, 7) is 0. The molecule has 33 heavy (non-hydrogen) atoms. The van der Waals surface area contributed by atoms with Gasteiger partial charge in [-0.2, -0.15) is 4.72 Å². The van der Waals surface area contributed by atoms with Gasteiger partial charge in [-0.05, 0) is 42.3 Å². The summed E-state index contributed by atoms with van der Waals surface area (Å²) < 4.78 is 39.1. The Morgan fingerprint density at radius 2 is 1.61 bits per heavy atom. The van der Waals surface area contributed by atoms with E-state index in [2.05, 4.69) is 10.0 Å². The highest BCUT2D eigenvalue weighted by Crippen LogP contribution is 2.29. The Morgan fingerprint density at radius 1 is 0.909 bits per heavy atom. The summed E-state index contributed by atoms with van der Waals surface area (Å²) in [7, 11) is -1.22. The van der Waals surface area contributed by atoms with Crippen molar-refractivity contribution in [1.29, 1.82) is 0 Å². The van der Waals surface area contributed by atoms with Crippen LogP contribution in [-0.2, 0) is 21.2 Å². The third-order valence-corrected chi connectivity index (χ3v) is 6.96. The Hall–Kier alpha value is -2.78. The predicted molar refractivity (Wildman–Crippen MR) is 129 cm³/mol. The Balaban J connectivity index is 1.90. The monoisotopic (exact) mass is 508 g/mol. The van der Waals surface area contributed by atoms with E-state index in [1.807, 2.05) is 30.3 Å². The summed E-state index contributed by atoms with van der Waals surface area (Å²) in [5.41, 5.74) is 1.17. The molecule has 0 aliphatic rings. The normalized spacial score (nSPS) is 12.1. The molecule has 0 saturated heterocycles. The number of anilines is 1. The van der Waals surface area contributed by atoms with Crippen LogP contribution in [0.25, 0.3) is 0 Å². The maximum atomic E-state index is 13.1. The van der Waals surface area contributed by atoms with E-state index in [0.29, 0.717) is 16.5 Å². The Labute approximate surface area is 202 Å². The predicted octanol–water partition coefficient (Wildman–Crippen LogP) is 4.54. The van der Waals surface area contributed by atoms with Crippen molar-refractivity contribution in [3.05, 3.63) is 82.3 Å². The van der Waals surface area contributed by atoms with Gasteiger partial charge < -0.3 is 14.8 Å². The molecule has 1 amide bonds. The van der Waals surface area contributed by atoms with Crippen molar-refractivity contribution in [2.45, 2.75) is 17.4 Å². The molecule has 0 aromatic heterocycles. The number of halogens is 2. The van der Waals surface area contributed by atoms with Crippen molar-refractivity contribution in [2.24, 2.45) is 0 Å². The molecule has 0 aliphatic heterocycles. The summed E-state index contributed by atoms with van der Waals surface area (Å²) >= 11 is 12.0. The first kappa shape index (κ1) is 24.9. The van der Waals surface area contributed by atoms with E-state index in [1.165, 1.54) is 38.5 Å². The average molecular weight is 509 g/mol. The lowest BCUT2D eigenvalue weighted by Crippen LogP contribution is -2.45. The second-order valence-corrected chi connectivity index (χ2v) is 9.53. The van der Waals surface area contributed by atoms with Crippen LogP contribution in [0.5, 0.6) is 11.5 Å². The fourth-order valence-corrected chi connectivity index (χ4v) is 4.59. The molecule has 0 unspecified atom stereocenters. The fourth-order valence-electron chi connectivity index (χ4n) is 3.08. The molecule has 0 fully saturated rings. The molecule has 0 aliphatic carbocycles. The summed E-state index contributed by atoms with van der Waals surface area (Å²) in [5, 5.41) is 3.29. The van der Waals surface area contributed by atoms with Gasteiger partial charge >= 0.3 is 0 Å². The molecule has 0 spiro atoms. The van der Waals surface area contributed by atoms with E-state index in [4.69, 9.17) is 32.7 Å². The SMILES string of the molecule is COc1ccc(S(=O)(=O)N[C@@H](Cc2ccccc2)C(=O)Nc2ccc(Cl)c(Cl)c2)cc1OC. The molecular formula is C23H22Cl2N2O5S. The van der Waals surface area contributed by atoms with Crippen molar-refractivity contribution < 1.29 is 22.7 Å². The lowest BCUT2D eigenvalue weighted by molar-refractivity contribution is -0.117. The van der Waals surface area contributed by atoms with Crippen molar-refractivity contribution in [2.75, 3.05) is 19.5 Å². The van der Waals surface area contributed by atoms with Crippen LogP contribution in [0.15, 0.2) is 71.6 Å². The van der Waals surface area contributed by atoms with Crippen LogP contribution < -0.4 is 19.5 Å². The van der Waals surface area contributed by atoms with Crippen LogP contribution in [-0.4, -0.2) is 34.6 Å². The summed E-state index contributed by atoms with van der Waals surface area (Å²) in [4.78, 5) is 13.0. The number of methoxy groups -OCH3 is 2. The minimum Gasteiger partial charge on any atom is -0.493 e. The molecule has 0 bridgehead atoms. The van der Waals surface area contributed by atoms with Crippen molar-refractivity contribution >= 4 is 44.8 Å². The maximum absolute atomic E-state index is 13.1. The minimum atomic E-state index is -4.08. The van der Waals surface area contributed by atoms with Gasteiger partial charge in [-0.25, -0.2) is 8.42 Å². The molecule has 3 aromatic carbocycles. The van der Waals surface area contributed by atoms with Crippen LogP contribution >= 0.6 is 23.2 Å². The van der Waals surface area contributed by atoms with Crippen LogP contribution in [0.4, 0.5) is 5.69 Å². The van der Waals surface area contributed by atoms with Crippen molar-refractivity contribution in [3.8, 4) is 11.5 Å². The molecule has 1 atom stereocenters. The zero-order valence-electron chi connectivity index (χ0n) is 17.8. The van der Waals surface area contributed by atoms with Crippen molar-refractivity contribution in [3.63, 3.8) is 0 Å². The second kappa shape index (κ2) is 10.9. The quantitative estimate of drug-likeness (QED) is 0.442. The second-order valence-electron chi connectivity index (χ2n) is 7.00. The number of nitrogens with one attached hydrogen (secondary N) is 2. The number of hydrogen-bond acceptors (Lipinski definition) is 5. The van der Waals surface area contributed by atoms with Gasteiger partial charge in [-0.3, -0.25) is 4.79 Å². The summed E-state index contributed by atoms with van der Waals surface area (Å²) in [6, 6.07) is 16.8. The number of amides is 1. The zero-order valence-corrected chi connectivity index (χ0v) is 20.2. The lowest BCUT2D eigenvalue weighted by Gasteiger charge is -2.19. The Kier molecular flexibility index (Phi) is 8.20. The molecule has 3 rings (SSSR count). The van der Waals surface area contributed by atoms with Gasteiger partial charge in [-0.1, -0.05) is 53.5 Å². The summed E-state index contributed by atoms with van der Waals surface area (Å²) in [6.07, 6.45) is 0.126. The van der Waals surface area contributed by atoms with E-state index in [0.717, 1.165) is 5.56 Å². The maximum Gasteiger partial charge on any atom is 0.242 e. The highest BCUT2D eigenvalue weighted by atomic mass is 35.5. The van der Waals surface area contributed by atoms with Crippen LogP contribution in [0.3, 0.4) is 0 Å². The lowest BCUT2D eigenvalue weighted by atomic mass is 10.1. The first-order valence-electron chi connectivity index (χ1n) is 9.77. The number of rotatable bonds is 9. The first-order valence-corrected chi connectivity index (χ1v) is 12.0. The van der Waals surface area contributed by atoms with E-state index in [9.17, 15) is 13.2 Å². The molecular weight excluding hydrogens is 487 g/mol. The van der Waals surface area contributed by atoms with Gasteiger partial charge in [0.15, 0.2) is 11.5 Å². The number of carbonyl (C=O) groups is 1. The Bertz CT molecular complexity index is 1240. The van der Waals surface area contributed by atoms with Crippen LogP contribution in [0.2, 0.25) is 10.0 Å². The molecule has 7 nitrogen and oxygen atoms in total. The standard InChI is InChI=1S/C23H22Cl2N2O5S/c1-31-21-11-9-17(14-22(21)32-2)33(29,30)27-20(12-15-6-4-3-5-7-15)23(28)26-16-8-10-18(24)19(25)13-16/h3-11,13-14,20,27H,12H2,1-2H3,(H,26,28)/t20-/m0/s1. The minimum absolute atomic E-state index is 0.0689. The highest BCUT2D eigenvalue weighted by molar-refractivity contribution is 7.89. The van der Waals surface area contributed by atoms with E-state index < -0.39 is 22.0 Å². The zero-order chi connectivity index (χ0) is 24.0. The van der Waals surface area contributed by atoms with Crippen molar-refractivity contribution in [1.82, 2.24) is 4.72 Å². The van der Waals surface area contributed by atoms with Gasteiger partial charge in [0, 0.05) is 11.8 Å². The van der Waals surface area contributed by atoms with Gasteiger partial charge in [-0.15, -0.1) is 0 Å². The topological polar surface area (TPSA) is 93.7 Å². The molecule has 0 saturated carbocycles. The molecule has 10 heteroatoms. The van der Waals surface area contributed by atoms with Gasteiger partial charge in [0.25, 0.3) is 0 Å². The van der Waals surface area contributed by atoms with Gasteiger partial charge in [0.1, 0.15) is 6.04 Å². The molecule has 2 N–H and O–H groups in total. The number of benzene rings is 3. The van der Waals surface area contributed by atoms with Gasteiger partial charge in [0.2, 0.25) is 15.9 Å². The fraction of sp³-hybridized carbons (Fsp3) is 0.174. The number of carbonyl (C=O) groups excluding carboxylic acids is 1. The number of ether oxygens (including phenoxy) is 2. The number of sulfonamides is 1. The largest absolute Gasteiger partial charge is 0.493 e. The highest BCUT2D eigenvalue weighted by Gasteiger charge is 2.27. The third-order valence-electron chi connectivity index (χ3n) is 4.75. The number of hydrogen-bond donors (Lipinski definition) is 2. The Morgan fingerprint density at radius 3 is 2.24 bits per heavy atom. The average Bonchev–Trinajstić information content (AvgIpc) is 2.81. The van der Waals surface area contributed by atoms with E-state index in [1.54, 1.807) is 12.1 Å². The molecule has 174 valence electrons. The molecule has 0 heterocycles. The van der Waals surface area contributed by atoms with E-state index >= 15 is 0 Å². The van der Waals surface area contributed by atoms with Crippen LogP contribution in [0.1, 0.15) is 5.56 Å². The third kappa shape index (κ3) is 6.39. The first-order chi connectivity index (χ1) is 15.7. The van der Waals surface area contributed by atoms with E-state index in [-0.39, 0.29) is 22.1 Å². The smallest absolute Gasteiger partial charge is 0.242 e. The molecule has 3 aromatic rings. The van der Waals surface area contributed by atoms with Crippen LogP contribution in [0, 0.1) is 0 Å². The summed E-state index contributed by atoms with van der Waals surface area (Å²) in [5.74, 6) is 0.0798.